The topological polar surface area (TPSA) is 59.2 Å². The molecule has 0 aliphatic carbocycles. The summed E-state index contributed by atoms with van der Waals surface area (Å²) in [6.45, 7) is 8.46. The number of thiazole rings is 1. The van der Waals surface area contributed by atoms with E-state index in [-0.39, 0.29) is 11.3 Å². The van der Waals surface area contributed by atoms with Crippen LogP contribution < -0.4 is 5.73 Å². The highest BCUT2D eigenvalue weighted by Gasteiger charge is 2.29. The van der Waals surface area contributed by atoms with Crippen molar-refractivity contribution in [3.05, 3.63) is 16.1 Å². The second kappa shape index (κ2) is 5.14. The normalized spacial score (nSPS) is 13.5. The minimum absolute atomic E-state index is 0.0229. The van der Waals surface area contributed by atoms with Crippen molar-refractivity contribution in [1.29, 1.82) is 0 Å². The average molecular weight is 255 g/mol. The molecule has 1 aromatic heterocycles. The van der Waals surface area contributed by atoms with Gasteiger partial charge in [0.15, 0.2) is 0 Å². The average Bonchev–Trinajstić information content (AvgIpc) is 2.61. The minimum atomic E-state index is -0.472. The largest absolute Gasteiger partial charge is 0.339 e. The van der Waals surface area contributed by atoms with E-state index in [9.17, 15) is 4.79 Å². The molecule has 0 aliphatic rings. The molecule has 0 spiro atoms. The molecular formula is C12H21N3OS. The summed E-state index contributed by atoms with van der Waals surface area (Å²) in [5, 5.41) is 0. The number of rotatable bonds is 3. The Morgan fingerprint density at radius 2 is 2.18 bits per heavy atom. The second-order valence-corrected chi connectivity index (χ2v) is 6.34. The summed E-state index contributed by atoms with van der Waals surface area (Å²) in [6, 6.07) is -0.472. The van der Waals surface area contributed by atoms with Gasteiger partial charge in [-0.25, -0.2) is 4.98 Å². The first-order chi connectivity index (χ1) is 7.73. The maximum atomic E-state index is 12.1. The SMILES string of the molecule is Cc1ncsc1CN(C)C(=O)[C@H](N)C(C)(C)C. The molecule has 1 aromatic rings. The van der Waals surface area contributed by atoms with Crippen LogP contribution in [0.5, 0.6) is 0 Å². The molecule has 4 nitrogen and oxygen atoms in total. The van der Waals surface area contributed by atoms with Gasteiger partial charge in [-0.2, -0.15) is 0 Å². The van der Waals surface area contributed by atoms with E-state index < -0.39 is 6.04 Å². The number of aryl methyl sites for hydroxylation is 1. The third-order valence-corrected chi connectivity index (χ3v) is 3.72. The Balaban J connectivity index is 2.68. The van der Waals surface area contributed by atoms with Gasteiger partial charge in [0.25, 0.3) is 0 Å². The number of amides is 1. The van der Waals surface area contributed by atoms with Gasteiger partial charge in [-0.15, -0.1) is 11.3 Å². The van der Waals surface area contributed by atoms with Crippen LogP contribution in [-0.2, 0) is 11.3 Å². The van der Waals surface area contributed by atoms with E-state index in [4.69, 9.17) is 5.73 Å². The third kappa shape index (κ3) is 3.51. The highest BCUT2D eigenvalue weighted by molar-refractivity contribution is 7.09. The molecule has 1 atom stereocenters. The van der Waals surface area contributed by atoms with Crippen LogP contribution in [0, 0.1) is 12.3 Å². The summed E-state index contributed by atoms with van der Waals surface area (Å²) in [4.78, 5) is 19.1. The zero-order chi connectivity index (χ0) is 13.2. The molecule has 17 heavy (non-hydrogen) atoms. The molecule has 2 N–H and O–H groups in total. The van der Waals surface area contributed by atoms with Crippen LogP contribution in [0.1, 0.15) is 31.3 Å². The lowest BCUT2D eigenvalue weighted by Gasteiger charge is -2.29. The third-order valence-electron chi connectivity index (χ3n) is 2.80. The van der Waals surface area contributed by atoms with Crippen molar-refractivity contribution in [2.75, 3.05) is 7.05 Å². The van der Waals surface area contributed by atoms with Crippen LogP contribution in [0.25, 0.3) is 0 Å². The fourth-order valence-corrected chi connectivity index (χ4v) is 2.21. The highest BCUT2D eigenvalue weighted by atomic mass is 32.1. The number of likely N-dealkylation sites (N-methyl/N-ethyl adjacent to an activating group) is 1. The van der Waals surface area contributed by atoms with Gasteiger partial charge in [-0.3, -0.25) is 4.79 Å². The van der Waals surface area contributed by atoms with Crippen LogP contribution in [0.2, 0.25) is 0 Å². The summed E-state index contributed by atoms with van der Waals surface area (Å²) < 4.78 is 0. The Bertz CT molecular complexity index is 395. The van der Waals surface area contributed by atoms with E-state index in [1.54, 1.807) is 28.8 Å². The Morgan fingerprint density at radius 3 is 2.59 bits per heavy atom. The monoisotopic (exact) mass is 255 g/mol. The zero-order valence-electron chi connectivity index (χ0n) is 11.2. The standard InChI is InChI=1S/C12H21N3OS/c1-8-9(17-7-14-8)6-15(5)11(16)10(13)12(2,3)4/h7,10H,6,13H2,1-5H3/t10-/m0/s1. The maximum absolute atomic E-state index is 12.1. The Hall–Kier alpha value is -0.940. The van der Waals surface area contributed by atoms with Gasteiger partial charge in [-0.05, 0) is 12.3 Å². The summed E-state index contributed by atoms with van der Waals surface area (Å²) in [6.07, 6.45) is 0. The Labute approximate surface area is 107 Å². The smallest absolute Gasteiger partial charge is 0.240 e. The van der Waals surface area contributed by atoms with Crippen molar-refractivity contribution in [3.8, 4) is 0 Å². The summed E-state index contributed by atoms with van der Waals surface area (Å²) in [5.74, 6) is -0.0229. The van der Waals surface area contributed by atoms with Gasteiger partial charge in [-0.1, -0.05) is 20.8 Å². The lowest BCUT2D eigenvalue weighted by molar-refractivity contribution is -0.134. The van der Waals surface area contributed by atoms with E-state index >= 15 is 0 Å². The first kappa shape index (κ1) is 14.1. The molecule has 0 saturated heterocycles. The van der Waals surface area contributed by atoms with Crippen molar-refractivity contribution in [2.24, 2.45) is 11.1 Å². The van der Waals surface area contributed by atoms with Crippen molar-refractivity contribution in [2.45, 2.75) is 40.3 Å². The number of nitrogens with two attached hydrogens (primary N) is 1. The fraction of sp³-hybridized carbons (Fsp3) is 0.667. The molecule has 0 bridgehead atoms. The summed E-state index contributed by atoms with van der Waals surface area (Å²) in [5.41, 5.74) is 8.53. The summed E-state index contributed by atoms with van der Waals surface area (Å²) >= 11 is 1.57. The molecule has 0 unspecified atom stereocenters. The fourth-order valence-electron chi connectivity index (χ4n) is 1.38. The molecule has 1 rings (SSSR count). The maximum Gasteiger partial charge on any atom is 0.240 e. The van der Waals surface area contributed by atoms with Gasteiger partial charge < -0.3 is 10.6 Å². The second-order valence-electron chi connectivity index (χ2n) is 5.40. The number of carbonyl (C=O) groups is 1. The highest BCUT2D eigenvalue weighted by Crippen LogP contribution is 2.20. The molecule has 1 heterocycles. The van der Waals surface area contributed by atoms with Gasteiger partial charge in [0.05, 0.1) is 23.8 Å². The van der Waals surface area contributed by atoms with Crippen LogP contribution in [-0.4, -0.2) is 28.9 Å². The van der Waals surface area contributed by atoms with Gasteiger partial charge in [0, 0.05) is 11.9 Å². The number of nitrogens with zero attached hydrogens (tertiary/aromatic N) is 2. The molecule has 96 valence electrons. The minimum Gasteiger partial charge on any atom is -0.339 e. The Morgan fingerprint density at radius 1 is 1.59 bits per heavy atom. The van der Waals surface area contributed by atoms with Crippen LogP contribution in [0.4, 0.5) is 0 Å². The van der Waals surface area contributed by atoms with E-state index in [2.05, 4.69) is 4.98 Å². The number of hydrogen-bond acceptors (Lipinski definition) is 4. The number of aromatic nitrogens is 1. The Kier molecular flexibility index (Phi) is 4.27. The molecule has 0 saturated carbocycles. The van der Waals surface area contributed by atoms with Crippen molar-refractivity contribution < 1.29 is 4.79 Å². The van der Waals surface area contributed by atoms with Crippen LogP contribution >= 0.6 is 11.3 Å². The van der Waals surface area contributed by atoms with Gasteiger partial charge in [0.2, 0.25) is 5.91 Å². The first-order valence-corrected chi connectivity index (χ1v) is 6.51. The molecule has 0 aliphatic heterocycles. The number of hydrogen-bond donors (Lipinski definition) is 1. The molecule has 1 amide bonds. The van der Waals surface area contributed by atoms with E-state index in [0.29, 0.717) is 6.54 Å². The lowest BCUT2D eigenvalue weighted by Crippen LogP contribution is -2.48. The summed E-state index contributed by atoms with van der Waals surface area (Å²) in [7, 11) is 1.78. The van der Waals surface area contributed by atoms with Crippen molar-refractivity contribution >= 4 is 17.2 Å². The van der Waals surface area contributed by atoms with E-state index in [1.807, 2.05) is 27.7 Å². The predicted octanol–water partition coefficient (Wildman–Crippen LogP) is 1.78. The molecular weight excluding hydrogens is 234 g/mol. The van der Waals surface area contributed by atoms with Crippen LogP contribution in [0.3, 0.4) is 0 Å². The molecule has 0 radical (unpaired) electrons. The lowest BCUT2D eigenvalue weighted by atomic mass is 9.86. The van der Waals surface area contributed by atoms with Gasteiger partial charge >= 0.3 is 0 Å². The van der Waals surface area contributed by atoms with Crippen molar-refractivity contribution in [1.82, 2.24) is 9.88 Å². The molecule has 0 aromatic carbocycles. The first-order valence-electron chi connectivity index (χ1n) is 5.63. The molecule has 0 fully saturated rings. The van der Waals surface area contributed by atoms with E-state index in [0.717, 1.165) is 10.6 Å². The zero-order valence-corrected chi connectivity index (χ0v) is 12.0. The van der Waals surface area contributed by atoms with Crippen molar-refractivity contribution in [3.63, 3.8) is 0 Å². The molecule has 5 heteroatoms. The predicted molar refractivity (Wildman–Crippen MR) is 70.8 cm³/mol. The number of carbonyl (C=O) groups excluding carboxylic acids is 1. The van der Waals surface area contributed by atoms with Gasteiger partial charge in [0.1, 0.15) is 0 Å². The van der Waals surface area contributed by atoms with Crippen LogP contribution in [0.15, 0.2) is 5.51 Å². The quantitative estimate of drug-likeness (QED) is 0.895. The van der Waals surface area contributed by atoms with E-state index in [1.165, 1.54) is 0 Å².